The fraction of sp³-hybridized carbons (Fsp3) is 0.538. The number of halogens is 1. The summed E-state index contributed by atoms with van der Waals surface area (Å²) < 4.78 is 0. The molecule has 1 aromatic heterocycles. The zero-order chi connectivity index (χ0) is 13.3. The van der Waals surface area contributed by atoms with Gasteiger partial charge in [0.1, 0.15) is 5.15 Å². The maximum absolute atomic E-state index is 12.5. The molecule has 1 aliphatic rings. The van der Waals surface area contributed by atoms with Crippen LogP contribution in [0.25, 0.3) is 0 Å². The minimum atomic E-state index is 0.0575. The summed E-state index contributed by atoms with van der Waals surface area (Å²) in [4.78, 5) is 18.5. The van der Waals surface area contributed by atoms with E-state index in [2.05, 4.69) is 18.8 Å². The van der Waals surface area contributed by atoms with Gasteiger partial charge in [0.2, 0.25) is 0 Å². The highest BCUT2D eigenvalue weighted by Crippen LogP contribution is 2.26. The predicted molar refractivity (Wildman–Crippen MR) is 76.4 cm³/mol. The predicted octanol–water partition coefficient (Wildman–Crippen LogP) is 3.01. The number of nitrogens with zero attached hydrogens (tertiary/aromatic N) is 2. The van der Waals surface area contributed by atoms with Crippen molar-refractivity contribution >= 4 is 29.3 Å². The number of carbonyl (C=O) groups excluding carboxylic acids is 1. The van der Waals surface area contributed by atoms with Crippen LogP contribution >= 0.6 is 23.4 Å². The van der Waals surface area contributed by atoms with Gasteiger partial charge in [-0.05, 0) is 26.0 Å². The van der Waals surface area contributed by atoms with Crippen molar-refractivity contribution in [3.05, 3.63) is 28.5 Å². The molecule has 0 aliphatic carbocycles. The van der Waals surface area contributed by atoms with Crippen LogP contribution in [0, 0.1) is 6.92 Å². The second-order valence-electron chi connectivity index (χ2n) is 4.63. The zero-order valence-corrected chi connectivity index (χ0v) is 12.4. The molecule has 0 aromatic carbocycles. The van der Waals surface area contributed by atoms with Gasteiger partial charge in [-0.1, -0.05) is 18.5 Å². The van der Waals surface area contributed by atoms with Gasteiger partial charge in [-0.3, -0.25) is 4.79 Å². The summed E-state index contributed by atoms with van der Waals surface area (Å²) >= 11 is 7.83. The topological polar surface area (TPSA) is 33.2 Å². The monoisotopic (exact) mass is 284 g/mol. The third-order valence-corrected chi connectivity index (χ3v) is 4.85. The molecule has 1 aromatic rings. The second-order valence-corrected chi connectivity index (χ2v) is 6.51. The number of thioether (sulfide) groups is 1. The smallest absolute Gasteiger partial charge is 0.254 e. The minimum Gasteiger partial charge on any atom is -0.334 e. The Bertz CT molecular complexity index is 446. The Labute approximate surface area is 117 Å². The van der Waals surface area contributed by atoms with E-state index in [4.69, 9.17) is 11.6 Å². The number of hydrogen-bond donors (Lipinski definition) is 0. The summed E-state index contributed by atoms with van der Waals surface area (Å²) in [5, 5.41) is 0.853. The largest absolute Gasteiger partial charge is 0.334 e. The van der Waals surface area contributed by atoms with Gasteiger partial charge in [0.25, 0.3) is 5.91 Å². The van der Waals surface area contributed by atoms with E-state index >= 15 is 0 Å². The van der Waals surface area contributed by atoms with E-state index in [1.54, 1.807) is 12.1 Å². The van der Waals surface area contributed by atoms with Gasteiger partial charge in [0.15, 0.2) is 0 Å². The van der Waals surface area contributed by atoms with Crippen molar-refractivity contribution in [2.75, 3.05) is 12.3 Å². The lowest BCUT2D eigenvalue weighted by atomic mass is 10.1. The molecule has 3 nitrogen and oxygen atoms in total. The van der Waals surface area contributed by atoms with E-state index in [0.717, 1.165) is 18.0 Å². The molecule has 1 aliphatic heterocycles. The normalized spacial score (nSPS) is 24.1. The number of carbonyl (C=O) groups is 1. The summed E-state index contributed by atoms with van der Waals surface area (Å²) in [6, 6.07) is 3.70. The van der Waals surface area contributed by atoms with Crippen molar-refractivity contribution in [3.63, 3.8) is 0 Å². The fourth-order valence-corrected chi connectivity index (χ4v) is 3.49. The van der Waals surface area contributed by atoms with Gasteiger partial charge >= 0.3 is 0 Å². The Kier molecular flexibility index (Phi) is 4.17. The van der Waals surface area contributed by atoms with Gasteiger partial charge in [-0.15, -0.1) is 0 Å². The zero-order valence-electron chi connectivity index (χ0n) is 10.8. The van der Waals surface area contributed by atoms with Crippen molar-refractivity contribution in [2.45, 2.75) is 32.1 Å². The molecule has 18 heavy (non-hydrogen) atoms. The van der Waals surface area contributed by atoms with Gasteiger partial charge in [-0.2, -0.15) is 11.8 Å². The van der Waals surface area contributed by atoms with E-state index in [-0.39, 0.29) is 11.9 Å². The Balaban J connectivity index is 2.24. The number of aryl methyl sites for hydroxylation is 1. The standard InChI is InChI=1S/C13H17ClN2OS/c1-8-6-11(7-12(14)15-8)13(17)16-4-5-18-10(3)9(16)2/h6-7,9-10H,4-5H2,1-3H3. The van der Waals surface area contributed by atoms with Crippen molar-refractivity contribution in [2.24, 2.45) is 0 Å². The molecular weight excluding hydrogens is 268 g/mol. The second kappa shape index (κ2) is 5.49. The molecule has 2 heterocycles. The molecule has 1 fully saturated rings. The summed E-state index contributed by atoms with van der Waals surface area (Å²) in [5.41, 5.74) is 1.41. The molecule has 1 amide bonds. The lowest BCUT2D eigenvalue weighted by molar-refractivity contribution is 0.0698. The number of aromatic nitrogens is 1. The van der Waals surface area contributed by atoms with Gasteiger partial charge in [0.05, 0.1) is 0 Å². The highest BCUT2D eigenvalue weighted by atomic mass is 35.5. The van der Waals surface area contributed by atoms with Crippen LogP contribution in [0.1, 0.15) is 29.9 Å². The van der Waals surface area contributed by atoms with E-state index in [1.807, 2.05) is 23.6 Å². The van der Waals surface area contributed by atoms with Crippen LogP contribution in [0.3, 0.4) is 0 Å². The molecule has 2 rings (SSSR count). The lowest BCUT2D eigenvalue weighted by Gasteiger charge is -2.37. The van der Waals surface area contributed by atoms with Gasteiger partial charge < -0.3 is 4.90 Å². The Morgan fingerprint density at radius 3 is 2.89 bits per heavy atom. The van der Waals surface area contributed by atoms with Gasteiger partial charge in [0, 0.05) is 34.8 Å². The van der Waals surface area contributed by atoms with Crippen molar-refractivity contribution in [1.29, 1.82) is 0 Å². The molecule has 1 saturated heterocycles. The third-order valence-electron chi connectivity index (χ3n) is 3.31. The van der Waals surface area contributed by atoms with Crippen LogP contribution in [0.5, 0.6) is 0 Å². The van der Waals surface area contributed by atoms with Crippen LogP contribution in [0.2, 0.25) is 5.15 Å². The van der Waals surface area contributed by atoms with Crippen molar-refractivity contribution < 1.29 is 4.79 Å². The lowest BCUT2D eigenvalue weighted by Crippen LogP contribution is -2.48. The van der Waals surface area contributed by atoms with Crippen LogP contribution in [0.15, 0.2) is 12.1 Å². The van der Waals surface area contributed by atoms with Crippen LogP contribution in [-0.2, 0) is 0 Å². The molecule has 0 N–H and O–H groups in total. The van der Waals surface area contributed by atoms with Gasteiger partial charge in [-0.25, -0.2) is 4.98 Å². The van der Waals surface area contributed by atoms with Crippen molar-refractivity contribution in [1.82, 2.24) is 9.88 Å². The highest BCUT2D eigenvalue weighted by Gasteiger charge is 2.29. The highest BCUT2D eigenvalue weighted by molar-refractivity contribution is 8.00. The van der Waals surface area contributed by atoms with E-state index in [9.17, 15) is 4.79 Å². The molecule has 98 valence electrons. The van der Waals surface area contributed by atoms with Crippen LogP contribution in [0.4, 0.5) is 0 Å². The first-order valence-corrected chi connectivity index (χ1v) is 7.48. The average molecular weight is 285 g/mol. The maximum Gasteiger partial charge on any atom is 0.254 e. The summed E-state index contributed by atoms with van der Waals surface area (Å²) in [6.07, 6.45) is 0. The quantitative estimate of drug-likeness (QED) is 0.743. The van der Waals surface area contributed by atoms with Crippen LogP contribution in [-0.4, -0.2) is 39.4 Å². The first-order chi connectivity index (χ1) is 8.49. The summed E-state index contributed by atoms with van der Waals surface area (Å²) in [6.45, 7) is 6.92. The first kappa shape index (κ1) is 13.7. The first-order valence-electron chi connectivity index (χ1n) is 6.06. The fourth-order valence-electron chi connectivity index (χ4n) is 2.14. The van der Waals surface area contributed by atoms with E-state index < -0.39 is 0 Å². The molecule has 5 heteroatoms. The molecule has 2 atom stereocenters. The Morgan fingerprint density at radius 2 is 2.22 bits per heavy atom. The van der Waals surface area contributed by atoms with E-state index in [1.165, 1.54) is 0 Å². The third kappa shape index (κ3) is 2.81. The molecule has 0 radical (unpaired) electrons. The summed E-state index contributed by atoms with van der Waals surface area (Å²) in [7, 11) is 0. The van der Waals surface area contributed by atoms with Crippen molar-refractivity contribution in [3.8, 4) is 0 Å². The number of hydrogen-bond acceptors (Lipinski definition) is 3. The molecule has 2 unspecified atom stereocenters. The SMILES string of the molecule is Cc1cc(C(=O)N2CCSC(C)C2C)cc(Cl)n1. The number of amides is 1. The molecule has 0 spiro atoms. The molecular formula is C13H17ClN2OS. The van der Waals surface area contributed by atoms with E-state index in [0.29, 0.717) is 16.0 Å². The minimum absolute atomic E-state index is 0.0575. The average Bonchev–Trinajstić information content (AvgIpc) is 2.30. The number of pyridine rings is 1. The Hall–Kier alpha value is -0.740. The number of rotatable bonds is 1. The maximum atomic E-state index is 12.5. The Morgan fingerprint density at radius 1 is 1.50 bits per heavy atom. The molecule has 0 bridgehead atoms. The summed E-state index contributed by atoms with van der Waals surface area (Å²) in [5.74, 6) is 1.05. The molecule has 0 saturated carbocycles. The van der Waals surface area contributed by atoms with Crippen LogP contribution < -0.4 is 0 Å².